The average Bonchev–Trinajstić information content (AvgIpc) is 2.69. The van der Waals surface area contributed by atoms with Crippen LogP contribution >= 0.6 is 0 Å². The van der Waals surface area contributed by atoms with Gasteiger partial charge in [0.2, 0.25) is 5.82 Å². The Hall–Kier alpha value is -3.02. The van der Waals surface area contributed by atoms with Crippen molar-refractivity contribution < 1.29 is 40.6 Å². The summed E-state index contributed by atoms with van der Waals surface area (Å²) in [6.45, 7) is 0. The highest BCUT2D eigenvalue weighted by Crippen LogP contribution is 2.31. The fourth-order valence-corrected chi connectivity index (χ4v) is 3.11. The largest absolute Gasteiger partial charge is 0.493 e. The smallest absolute Gasteiger partial charge is 0.338 e. The van der Waals surface area contributed by atoms with Crippen LogP contribution in [-0.4, -0.2) is 23.4 Å². The first-order valence-corrected chi connectivity index (χ1v) is 8.30. The molecule has 12 heteroatoms. The maximum Gasteiger partial charge on any atom is 0.338 e. The summed E-state index contributed by atoms with van der Waals surface area (Å²) in [4.78, 5) is 9.75. The first-order chi connectivity index (χ1) is 13.1. The van der Waals surface area contributed by atoms with Crippen LogP contribution in [0.15, 0.2) is 28.1 Å². The molecule has 0 aliphatic heterocycles. The van der Waals surface area contributed by atoms with E-state index in [0.29, 0.717) is 0 Å². The van der Waals surface area contributed by atoms with Crippen molar-refractivity contribution in [2.45, 2.75) is 4.90 Å². The molecule has 0 fully saturated rings. The van der Waals surface area contributed by atoms with Crippen LogP contribution in [0.1, 0.15) is 5.56 Å². The maximum atomic E-state index is 13.8. The second-order valence-corrected chi connectivity index (χ2v) is 6.44. The van der Waals surface area contributed by atoms with Gasteiger partial charge >= 0.3 is 5.03 Å². The van der Waals surface area contributed by atoms with Crippen molar-refractivity contribution in [2.24, 2.45) is 0 Å². The van der Waals surface area contributed by atoms with Gasteiger partial charge in [-0.15, -0.1) is 0 Å². The van der Waals surface area contributed by atoms with E-state index in [0.717, 1.165) is 12.1 Å². The summed E-state index contributed by atoms with van der Waals surface area (Å²) in [7, 11) is -0.109. The summed E-state index contributed by atoms with van der Waals surface area (Å²) in [6, 6.07) is 3.51. The summed E-state index contributed by atoms with van der Waals surface area (Å²) >= 11 is 0. The van der Waals surface area contributed by atoms with Gasteiger partial charge in [0.15, 0.2) is 45.6 Å². The molecule has 6 nitrogen and oxygen atoms in total. The third kappa shape index (κ3) is 3.81. The highest BCUT2D eigenvalue weighted by molar-refractivity contribution is 7.88. The normalized spacial score (nSPS) is 12.6. The fraction of sp³-hybridized carbons (Fsp3) is 0.125. The molecule has 2 aromatic rings. The lowest BCUT2D eigenvalue weighted by atomic mass is 10.1. The molecule has 28 heavy (non-hydrogen) atoms. The van der Waals surface area contributed by atoms with Gasteiger partial charge in [-0.3, -0.25) is 10.1 Å². The van der Waals surface area contributed by atoms with Gasteiger partial charge < -0.3 is 9.47 Å². The van der Waals surface area contributed by atoms with Gasteiger partial charge in [0.25, 0.3) is 0 Å². The van der Waals surface area contributed by atoms with Crippen LogP contribution in [0, 0.1) is 39.2 Å². The zero-order chi connectivity index (χ0) is 21.2. The molecule has 0 N–H and O–H groups in total. The van der Waals surface area contributed by atoms with E-state index in [1.165, 1.54) is 20.3 Å². The molecule has 0 aliphatic rings. The van der Waals surface area contributed by atoms with E-state index in [1.54, 1.807) is 0 Å². The summed E-state index contributed by atoms with van der Waals surface area (Å²) in [5.74, 6) is -11.3. The van der Waals surface area contributed by atoms with Crippen LogP contribution in [0.2, 0.25) is 0 Å². The first-order valence-electron chi connectivity index (χ1n) is 7.15. The Morgan fingerprint density at radius 1 is 0.964 bits per heavy atom. The Morgan fingerprint density at radius 3 is 1.93 bits per heavy atom. The number of ether oxygens (including phenoxy) is 2. The molecule has 0 radical (unpaired) electrons. The molecule has 0 saturated carbocycles. The van der Waals surface area contributed by atoms with Gasteiger partial charge in [0, 0.05) is 12.1 Å². The molecule has 150 valence electrons. The third-order valence-corrected chi connectivity index (χ3v) is 4.78. The summed E-state index contributed by atoms with van der Waals surface area (Å²) in [5.41, 5.74) is -1.59. The molecule has 0 aliphatic carbocycles. The SMILES string of the molecule is COc1ccc(S(=O)C(=Cc2c(F)c(F)c(F)c(F)c2F)[N+](=O)[O-])cc1OC. The van der Waals surface area contributed by atoms with E-state index >= 15 is 0 Å². The van der Waals surface area contributed by atoms with Crippen molar-refractivity contribution in [3.05, 3.63) is 68.0 Å². The Balaban J connectivity index is 2.65. The molecule has 0 saturated heterocycles. The van der Waals surface area contributed by atoms with Crippen LogP contribution < -0.4 is 9.47 Å². The predicted octanol–water partition coefficient (Wildman–Crippen LogP) is 3.78. The average molecular weight is 423 g/mol. The zero-order valence-electron chi connectivity index (χ0n) is 14.1. The highest BCUT2D eigenvalue weighted by atomic mass is 32.2. The number of rotatable bonds is 6. The predicted molar refractivity (Wildman–Crippen MR) is 87.2 cm³/mol. The summed E-state index contributed by atoms with van der Waals surface area (Å²) in [5, 5.41) is 9.93. The fourth-order valence-electron chi connectivity index (χ4n) is 2.10. The molecule has 2 rings (SSSR count). The van der Waals surface area contributed by atoms with E-state index < -0.39 is 55.4 Å². The van der Waals surface area contributed by atoms with Gasteiger partial charge in [-0.25, -0.2) is 26.2 Å². The number of benzene rings is 2. The van der Waals surface area contributed by atoms with E-state index in [9.17, 15) is 36.3 Å². The third-order valence-electron chi connectivity index (χ3n) is 3.45. The lowest BCUT2D eigenvalue weighted by molar-refractivity contribution is -0.409. The Bertz CT molecular complexity index is 982. The van der Waals surface area contributed by atoms with Crippen LogP contribution in [0.25, 0.3) is 6.08 Å². The Morgan fingerprint density at radius 2 is 1.46 bits per heavy atom. The van der Waals surface area contributed by atoms with E-state index in [4.69, 9.17) is 9.47 Å². The number of nitrogens with zero attached hydrogens (tertiary/aromatic N) is 1. The Kier molecular flexibility index (Phi) is 6.33. The van der Waals surface area contributed by atoms with Gasteiger partial charge in [-0.2, -0.15) is 0 Å². The number of hydrogen-bond donors (Lipinski definition) is 0. The van der Waals surface area contributed by atoms with Crippen LogP contribution in [0.5, 0.6) is 11.5 Å². The second-order valence-electron chi connectivity index (χ2n) is 5.01. The number of hydrogen-bond acceptors (Lipinski definition) is 5. The molecule has 0 spiro atoms. The molecule has 2 aromatic carbocycles. The molecule has 1 atom stereocenters. The van der Waals surface area contributed by atoms with Crippen LogP contribution in [0.3, 0.4) is 0 Å². The first kappa shape index (κ1) is 21.3. The van der Waals surface area contributed by atoms with E-state index in [2.05, 4.69) is 0 Å². The second kappa shape index (κ2) is 8.33. The molecular formula is C16H10F5NO5S. The monoisotopic (exact) mass is 423 g/mol. The lowest BCUT2D eigenvalue weighted by Gasteiger charge is -2.09. The quantitative estimate of drug-likeness (QED) is 0.232. The number of halogens is 5. The van der Waals surface area contributed by atoms with Crippen molar-refractivity contribution in [1.29, 1.82) is 0 Å². The van der Waals surface area contributed by atoms with Gasteiger partial charge in [0.05, 0.1) is 29.6 Å². The lowest BCUT2D eigenvalue weighted by Crippen LogP contribution is -2.09. The van der Waals surface area contributed by atoms with Crippen molar-refractivity contribution >= 4 is 16.9 Å². The minimum Gasteiger partial charge on any atom is -0.493 e. The summed E-state index contributed by atoms with van der Waals surface area (Å²) in [6.07, 6.45) is 0.0308. The number of methoxy groups -OCH3 is 2. The van der Waals surface area contributed by atoms with Crippen molar-refractivity contribution in [2.75, 3.05) is 14.2 Å². The zero-order valence-corrected chi connectivity index (χ0v) is 14.9. The maximum absolute atomic E-state index is 13.8. The highest BCUT2D eigenvalue weighted by Gasteiger charge is 2.29. The van der Waals surface area contributed by atoms with Gasteiger partial charge in [-0.05, 0) is 12.1 Å². The van der Waals surface area contributed by atoms with E-state index in [-0.39, 0.29) is 22.5 Å². The van der Waals surface area contributed by atoms with E-state index in [1.807, 2.05) is 0 Å². The molecule has 0 amide bonds. The number of nitro groups is 1. The Labute approximate surface area is 156 Å². The standard InChI is InChI=1S/C16H10F5NO5S/c1-26-9-4-3-7(5-10(9)27-2)28(25)11(22(23)24)6-8-12(17)14(19)16(21)15(20)13(8)18/h3-6H,1-2H3. The van der Waals surface area contributed by atoms with Gasteiger partial charge in [-0.1, -0.05) is 0 Å². The topological polar surface area (TPSA) is 78.7 Å². The van der Waals surface area contributed by atoms with Gasteiger partial charge in [0.1, 0.15) is 0 Å². The minimum atomic E-state index is -2.65. The van der Waals surface area contributed by atoms with Crippen molar-refractivity contribution in [3.8, 4) is 11.5 Å². The molecule has 0 aromatic heterocycles. The van der Waals surface area contributed by atoms with Crippen LogP contribution in [0.4, 0.5) is 22.0 Å². The van der Waals surface area contributed by atoms with Crippen molar-refractivity contribution in [1.82, 2.24) is 0 Å². The molecule has 1 unspecified atom stereocenters. The molecule has 0 heterocycles. The summed E-state index contributed by atoms with van der Waals surface area (Å²) < 4.78 is 89.7. The molecule has 0 bridgehead atoms. The molecular weight excluding hydrogens is 413 g/mol. The minimum absolute atomic E-state index is 0.0308. The van der Waals surface area contributed by atoms with Crippen LogP contribution in [-0.2, 0) is 10.8 Å². The van der Waals surface area contributed by atoms with Crippen molar-refractivity contribution in [3.63, 3.8) is 0 Å².